The minimum absolute atomic E-state index is 0.425. The number of Topliss-reactive ketones (excluding diaryl/α,β-unsaturated/α-hetero) is 1. The average Bonchev–Trinajstić information content (AvgIpc) is 1.82. The second-order valence-electron chi connectivity index (χ2n) is 1.62. The summed E-state index contributed by atoms with van der Waals surface area (Å²) in [7, 11) is 0. The number of carboxylic acids is 2. The molecule has 0 amide bonds. The Morgan fingerprint density at radius 1 is 1.00 bits per heavy atom. The van der Waals surface area contributed by atoms with Gasteiger partial charge in [0.15, 0.2) is 0 Å². The van der Waals surface area contributed by atoms with E-state index in [-0.39, 0.29) is 0 Å². The molecule has 0 fully saturated rings. The summed E-state index contributed by atoms with van der Waals surface area (Å²) >= 11 is 0. The Hall–Kier alpha value is -1.39. The molecule has 0 heterocycles. The van der Waals surface area contributed by atoms with Crippen molar-refractivity contribution in [1.82, 2.24) is 0 Å². The van der Waals surface area contributed by atoms with Crippen molar-refractivity contribution >= 4 is 17.7 Å². The van der Waals surface area contributed by atoms with Crippen LogP contribution in [0.2, 0.25) is 0 Å². The molecule has 5 heteroatoms. The van der Waals surface area contributed by atoms with E-state index in [1.807, 2.05) is 0 Å². The van der Waals surface area contributed by atoms with Crippen molar-refractivity contribution < 1.29 is 24.6 Å². The van der Waals surface area contributed by atoms with Gasteiger partial charge in [-0.25, -0.2) is 4.79 Å². The molecule has 0 saturated carbocycles. The molecule has 0 unspecified atom stereocenters. The van der Waals surface area contributed by atoms with E-state index in [9.17, 15) is 14.4 Å². The van der Waals surface area contributed by atoms with E-state index in [1.165, 1.54) is 0 Å². The molecule has 0 saturated heterocycles. The molecule has 56 valence electrons. The molecule has 5 nitrogen and oxygen atoms in total. The van der Waals surface area contributed by atoms with Crippen LogP contribution in [0.5, 0.6) is 0 Å². The van der Waals surface area contributed by atoms with E-state index in [4.69, 9.17) is 10.2 Å². The number of ketones is 1. The molecular formula is C5H6O5. The average molecular weight is 149 g/mol. The van der Waals surface area contributed by atoms with Crippen LogP contribution in [-0.2, 0) is 14.4 Å². The van der Waals surface area contributed by atoms with Crippen molar-refractivity contribution in [2.45, 2.75) is 12.8 Å². The zero-order valence-electron chi connectivity index (χ0n) is 5.03. The lowest BCUT2D eigenvalue weighted by Gasteiger charge is -1.88. The highest BCUT2D eigenvalue weighted by Crippen LogP contribution is 1.89. The maximum Gasteiger partial charge on any atom is 0.372 e. The van der Waals surface area contributed by atoms with Crippen LogP contribution in [0.1, 0.15) is 12.8 Å². The summed E-state index contributed by atoms with van der Waals surface area (Å²) in [5.74, 6) is -3.82. The van der Waals surface area contributed by atoms with Crippen LogP contribution in [0.25, 0.3) is 0 Å². The normalized spacial score (nSPS) is 8.80. The number of hydrogen-bond donors (Lipinski definition) is 2. The molecule has 0 aromatic rings. The SMILES string of the molecule is O=C(O)[13CH2][13CH2]C(=O)[13C](=O)O. The predicted octanol–water partition coefficient (Wildman–Crippen LogP) is -0.495. The van der Waals surface area contributed by atoms with Crippen molar-refractivity contribution in [3.8, 4) is 0 Å². The second kappa shape index (κ2) is 3.60. The van der Waals surface area contributed by atoms with E-state index in [1.54, 1.807) is 0 Å². The fourth-order valence-electron chi connectivity index (χ4n) is 0.327. The molecule has 0 atom stereocenters. The van der Waals surface area contributed by atoms with Crippen LogP contribution in [0.15, 0.2) is 0 Å². The van der Waals surface area contributed by atoms with Crippen molar-refractivity contribution in [2.24, 2.45) is 0 Å². The fourth-order valence-corrected chi connectivity index (χ4v) is 0.327. The Balaban J connectivity index is 3.60. The molecule has 0 rings (SSSR count). The lowest BCUT2D eigenvalue weighted by molar-refractivity contribution is -0.149. The molecular weight excluding hydrogens is 143 g/mol. The second-order valence-corrected chi connectivity index (χ2v) is 1.62. The van der Waals surface area contributed by atoms with Gasteiger partial charge in [-0.3, -0.25) is 9.59 Å². The Morgan fingerprint density at radius 3 is 1.80 bits per heavy atom. The highest BCUT2D eigenvalue weighted by molar-refractivity contribution is 6.32. The first-order valence-corrected chi connectivity index (χ1v) is 2.52. The molecule has 0 aliphatic rings. The molecule has 0 aromatic heterocycles. The minimum atomic E-state index is -1.58. The van der Waals surface area contributed by atoms with Gasteiger partial charge in [0.2, 0.25) is 5.78 Å². The van der Waals surface area contributed by atoms with E-state index < -0.39 is 30.6 Å². The Bertz CT molecular complexity index is 171. The van der Waals surface area contributed by atoms with Crippen LogP contribution in [0.4, 0.5) is 0 Å². The summed E-state index contributed by atoms with van der Waals surface area (Å²) in [4.78, 5) is 29.7. The summed E-state index contributed by atoms with van der Waals surface area (Å²) < 4.78 is 0. The van der Waals surface area contributed by atoms with E-state index in [0.717, 1.165) is 0 Å². The van der Waals surface area contributed by atoms with Gasteiger partial charge < -0.3 is 10.2 Å². The highest BCUT2D eigenvalue weighted by atomic mass is 16.5. The first-order chi connectivity index (χ1) is 4.54. The zero-order valence-corrected chi connectivity index (χ0v) is 5.03. The standard InChI is InChI=1S/C5H6O5/c6-3(5(9)10)1-2-4(7)8/h1-2H2,(H,7,8)(H,9,10)/i1+1,2+1,5+1. The van der Waals surface area contributed by atoms with Gasteiger partial charge in [-0.05, 0) is 0 Å². The summed E-state index contributed by atoms with van der Waals surface area (Å²) in [6.45, 7) is 0. The zero-order chi connectivity index (χ0) is 8.15. The summed E-state index contributed by atoms with van der Waals surface area (Å²) in [5.41, 5.74) is 0. The third-order valence-corrected chi connectivity index (χ3v) is 0.804. The quantitative estimate of drug-likeness (QED) is 0.415. The van der Waals surface area contributed by atoms with Crippen LogP contribution < -0.4 is 0 Å². The fraction of sp³-hybridized carbons (Fsp3) is 0.400. The predicted molar refractivity (Wildman–Crippen MR) is 29.5 cm³/mol. The van der Waals surface area contributed by atoms with E-state index in [0.29, 0.717) is 0 Å². The molecule has 10 heavy (non-hydrogen) atoms. The number of carboxylic acid groups (broad SMARTS) is 2. The third-order valence-electron chi connectivity index (χ3n) is 0.804. The van der Waals surface area contributed by atoms with Crippen molar-refractivity contribution in [1.29, 1.82) is 0 Å². The van der Waals surface area contributed by atoms with Crippen molar-refractivity contribution in [3.05, 3.63) is 0 Å². The first-order valence-electron chi connectivity index (χ1n) is 2.52. The molecule has 0 aliphatic heterocycles. The lowest BCUT2D eigenvalue weighted by atomic mass is 10.7. The van der Waals surface area contributed by atoms with Gasteiger partial charge in [0.05, 0.1) is 6.42 Å². The van der Waals surface area contributed by atoms with Gasteiger partial charge in [0.25, 0.3) is 0 Å². The van der Waals surface area contributed by atoms with Gasteiger partial charge in [-0.1, -0.05) is 0 Å². The van der Waals surface area contributed by atoms with Gasteiger partial charge >= 0.3 is 11.9 Å². The topological polar surface area (TPSA) is 91.7 Å². The van der Waals surface area contributed by atoms with Crippen LogP contribution in [0, 0.1) is 0 Å². The number of carbonyl (C=O) groups is 3. The Morgan fingerprint density at radius 2 is 1.50 bits per heavy atom. The monoisotopic (exact) mass is 149 g/mol. The maximum absolute atomic E-state index is 10.2. The summed E-state index contributed by atoms with van der Waals surface area (Å²) in [6, 6.07) is 0. The minimum Gasteiger partial charge on any atom is -0.481 e. The third kappa shape index (κ3) is 3.59. The summed E-state index contributed by atoms with van der Waals surface area (Å²) in [5, 5.41) is 16.0. The maximum atomic E-state index is 10.2. The highest BCUT2D eigenvalue weighted by Gasteiger charge is 2.12. The molecule has 0 radical (unpaired) electrons. The molecule has 0 bridgehead atoms. The van der Waals surface area contributed by atoms with Gasteiger partial charge in [0, 0.05) is 6.42 Å². The van der Waals surface area contributed by atoms with E-state index >= 15 is 0 Å². The van der Waals surface area contributed by atoms with Gasteiger partial charge in [0.1, 0.15) is 0 Å². The van der Waals surface area contributed by atoms with E-state index in [2.05, 4.69) is 0 Å². The first kappa shape index (κ1) is 8.61. The number of carbonyl (C=O) groups excluding carboxylic acids is 1. The number of hydrogen-bond acceptors (Lipinski definition) is 3. The molecule has 0 aromatic carbocycles. The van der Waals surface area contributed by atoms with Gasteiger partial charge in [-0.2, -0.15) is 0 Å². The largest absolute Gasteiger partial charge is 0.481 e. The Kier molecular flexibility index (Phi) is 3.10. The van der Waals surface area contributed by atoms with Crippen LogP contribution >= 0.6 is 0 Å². The summed E-state index contributed by atoms with van der Waals surface area (Å²) in [6.07, 6.45) is -0.865. The van der Waals surface area contributed by atoms with Crippen molar-refractivity contribution in [3.63, 3.8) is 0 Å². The molecule has 2 N–H and O–H groups in total. The Labute approximate surface area is 56.3 Å². The van der Waals surface area contributed by atoms with Crippen LogP contribution in [-0.4, -0.2) is 27.9 Å². The van der Waals surface area contributed by atoms with Crippen LogP contribution in [0.3, 0.4) is 0 Å². The van der Waals surface area contributed by atoms with Gasteiger partial charge in [-0.15, -0.1) is 0 Å². The molecule has 0 spiro atoms. The molecule has 0 aliphatic carbocycles. The van der Waals surface area contributed by atoms with Crippen molar-refractivity contribution in [2.75, 3.05) is 0 Å². The smallest absolute Gasteiger partial charge is 0.372 e. The number of aliphatic carboxylic acids is 2. The lowest BCUT2D eigenvalue weighted by Crippen LogP contribution is -2.13. The number of rotatable bonds is 4.